The van der Waals surface area contributed by atoms with Crippen molar-refractivity contribution in [1.82, 2.24) is 14.5 Å². The standard InChI is InChI=1S/C67H55N3O/c1-43-35-45(3)65(71)60(36-43)66-69-64-57(23-16-24-62(64)70(66)63-37-44(2)58(50-21-14-9-15-22-50)42-59(63)51-29-31-56(32-30-51)67(4,5)6)54-38-53(47-19-12-8-13-20-47)39-55(40-54)61-41-52(33-34-68-61)49-27-25-48(26-28-49)46-17-10-7-11-18-46/h7-42,71H,1-6H3. The molecular weight excluding hydrogens is 863 g/mol. The van der Waals surface area contributed by atoms with Gasteiger partial charge in [-0.05, 0) is 159 Å². The minimum atomic E-state index is 0.000149. The van der Waals surface area contributed by atoms with Crippen LogP contribution in [0.25, 0.3) is 106 Å². The molecule has 344 valence electrons. The highest BCUT2D eigenvalue weighted by Crippen LogP contribution is 2.44. The molecule has 0 saturated heterocycles. The van der Waals surface area contributed by atoms with Crippen molar-refractivity contribution in [2.45, 2.75) is 47.0 Å². The molecule has 0 fully saturated rings. The molecule has 71 heavy (non-hydrogen) atoms. The summed E-state index contributed by atoms with van der Waals surface area (Å²) in [4.78, 5) is 10.6. The molecule has 0 atom stereocenters. The molecule has 1 N–H and O–H groups in total. The van der Waals surface area contributed by atoms with Crippen LogP contribution in [0.2, 0.25) is 0 Å². The van der Waals surface area contributed by atoms with Crippen molar-refractivity contribution >= 4 is 11.0 Å². The Morgan fingerprint density at radius 2 is 0.972 bits per heavy atom. The van der Waals surface area contributed by atoms with E-state index in [1.54, 1.807) is 0 Å². The highest BCUT2D eigenvalue weighted by Gasteiger charge is 2.25. The number of fused-ring (bicyclic) bond motifs is 1. The van der Waals surface area contributed by atoms with Gasteiger partial charge in [0, 0.05) is 22.9 Å². The molecule has 11 aromatic rings. The summed E-state index contributed by atoms with van der Waals surface area (Å²) in [5.41, 5.74) is 22.8. The zero-order valence-corrected chi connectivity index (χ0v) is 41.1. The SMILES string of the molecule is Cc1cc(C)c(O)c(-c2nc3c(-c4cc(-c5ccccc5)cc(-c5cc(-c6ccc(-c7ccccc7)cc6)ccn5)c4)cccc3n2-c2cc(C)c(-c3ccccc3)cc2-c2ccc(C(C)(C)C)cc2)c1. The third-order valence-corrected chi connectivity index (χ3v) is 13.8. The number of aromatic nitrogens is 3. The number of hydrogen-bond acceptors (Lipinski definition) is 3. The first-order valence-corrected chi connectivity index (χ1v) is 24.4. The maximum Gasteiger partial charge on any atom is 0.149 e. The van der Waals surface area contributed by atoms with Gasteiger partial charge in [-0.1, -0.05) is 178 Å². The number of rotatable bonds is 9. The first-order chi connectivity index (χ1) is 34.5. The van der Waals surface area contributed by atoms with Crippen LogP contribution in [0.15, 0.2) is 219 Å². The van der Waals surface area contributed by atoms with Gasteiger partial charge < -0.3 is 5.11 Å². The van der Waals surface area contributed by atoms with E-state index in [1.165, 1.54) is 16.7 Å². The fourth-order valence-corrected chi connectivity index (χ4v) is 10.1. The predicted molar refractivity (Wildman–Crippen MR) is 297 cm³/mol. The zero-order chi connectivity index (χ0) is 48.8. The number of imidazole rings is 1. The van der Waals surface area contributed by atoms with Gasteiger partial charge in [0.05, 0.1) is 28.0 Å². The lowest BCUT2D eigenvalue weighted by Gasteiger charge is -2.21. The number of phenols is 1. The van der Waals surface area contributed by atoms with Crippen molar-refractivity contribution in [2.75, 3.05) is 0 Å². The smallest absolute Gasteiger partial charge is 0.149 e. The molecule has 0 spiro atoms. The molecule has 0 unspecified atom stereocenters. The van der Waals surface area contributed by atoms with E-state index in [4.69, 9.17) is 9.97 Å². The summed E-state index contributed by atoms with van der Waals surface area (Å²) in [5.74, 6) is 0.889. The Bertz CT molecular complexity index is 3730. The molecule has 11 rings (SSSR count). The monoisotopic (exact) mass is 917 g/mol. The second-order valence-electron chi connectivity index (χ2n) is 19.8. The van der Waals surface area contributed by atoms with E-state index in [2.05, 4.69) is 239 Å². The summed E-state index contributed by atoms with van der Waals surface area (Å²) in [5, 5.41) is 12.0. The highest BCUT2D eigenvalue weighted by molar-refractivity contribution is 5.99. The summed E-state index contributed by atoms with van der Waals surface area (Å²) in [6.07, 6.45) is 1.91. The second-order valence-corrected chi connectivity index (χ2v) is 19.8. The Labute approximate surface area is 417 Å². The van der Waals surface area contributed by atoms with E-state index in [9.17, 15) is 5.11 Å². The molecule has 0 aliphatic rings. The van der Waals surface area contributed by atoms with E-state index in [1.807, 2.05) is 25.3 Å². The molecule has 0 bridgehead atoms. The van der Waals surface area contributed by atoms with Crippen LogP contribution in [-0.2, 0) is 5.41 Å². The van der Waals surface area contributed by atoms with Crippen molar-refractivity contribution < 1.29 is 5.11 Å². The van der Waals surface area contributed by atoms with Crippen molar-refractivity contribution in [3.05, 3.63) is 241 Å². The van der Waals surface area contributed by atoms with Crippen LogP contribution < -0.4 is 0 Å². The van der Waals surface area contributed by atoms with Crippen molar-refractivity contribution in [2.24, 2.45) is 0 Å². The fourth-order valence-electron chi connectivity index (χ4n) is 10.1. The molecule has 0 radical (unpaired) electrons. The molecule has 0 amide bonds. The quantitative estimate of drug-likeness (QED) is 0.157. The van der Waals surface area contributed by atoms with Crippen LogP contribution >= 0.6 is 0 Å². The Hall–Kier alpha value is -8.60. The van der Waals surface area contributed by atoms with E-state index < -0.39 is 0 Å². The first kappa shape index (κ1) is 44.9. The number of aryl methyl sites for hydroxylation is 3. The van der Waals surface area contributed by atoms with Gasteiger partial charge >= 0.3 is 0 Å². The Morgan fingerprint density at radius 3 is 1.63 bits per heavy atom. The second kappa shape index (κ2) is 18.4. The average molecular weight is 918 g/mol. The molecule has 2 heterocycles. The van der Waals surface area contributed by atoms with Crippen LogP contribution in [0, 0.1) is 20.8 Å². The number of benzene rings is 9. The van der Waals surface area contributed by atoms with E-state index in [-0.39, 0.29) is 11.2 Å². The molecule has 4 nitrogen and oxygen atoms in total. The maximum atomic E-state index is 12.0. The molecule has 0 aliphatic heterocycles. The molecule has 2 aromatic heterocycles. The van der Waals surface area contributed by atoms with E-state index >= 15 is 0 Å². The molecule has 4 heteroatoms. The number of phenolic OH excluding ortho intramolecular Hbond substituents is 1. The van der Waals surface area contributed by atoms with Crippen molar-refractivity contribution in [3.63, 3.8) is 0 Å². The summed E-state index contributed by atoms with van der Waals surface area (Å²) >= 11 is 0. The van der Waals surface area contributed by atoms with Gasteiger partial charge in [-0.25, -0.2) is 4.98 Å². The van der Waals surface area contributed by atoms with Gasteiger partial charge in [0.1, 0.15) is 11.6 Å². The zero-order valence-electron chi connectivity index (χ0n) is 41.1. The van der Waals surface area contributed by atoms with Gasteiger partial charge in [-0.3, -0.25) is 9.55 Å². The lowest BCUT2D eigenvalue weighted by Crippen LogP contribution is -2.10. The summed E-state index contributed by atoms with van der Waals surface area (Å²) in [6, 6.07) is 75.7. The molecular formula is C67H55N3O. The van der Waals surface area contributed by atoms with Gasteiger partial charge in [-0.2, -0.15) is 0 Å². The van der Waals surface area contributed by atoms with E-state index in [0.717, 1.165) is 100 Å². The summed E-state index contributed by atoms with van der Waals surface area (Å²) in [7, 11) is 0. The Morgan fingerprint density at radius 1 is 0.408 bits per heavy atom. The summed E-state index contributed by atoms with van der Waals surface area (Å²) in [6.45, 7) is 13.0. The number of aromatic hydroxyl groups is 1. The van der Waals surface area contributed by atoms with Crippen molar-refractivity contribution in [1.29, 1.82) is 0 Å². The largest absolute Gasteiger partial charge is 0.507 e. The normalized spacial score (nSPS) is 11.6. The number of nitrogens with zero attached hydrogens (tertiary/aromatic N) is 3. The first-order valence-electron chi connectivity index (χ1n) is 24.4. The van der Waals surface area contributed by atoms with Crippen LogP contribution in [0.5, 0.6) is 5.75 Å². The van der Waals surface area contributed by atoms with Crippen molar-refractivity contribution in [3.8, 4) is 101 Å². The maximum absolute atomic E-state index is 12.0. The van der Waals surface area contributed by atoms with Gasteiger partial charge in [-0.15, -0.1) is 0 Å². The molecule has 0 saturated carbocycles. The van der Waals surface area contributed by atoms with E-state index in [0.29, 0.717) is 11.4 Å². The predicted octanol–water partition coefficient (Wildman–Crippen LogP) is 17.7. The highest BCUT2D eigenvalue weighted by atomic mass is 16.3. The topological polar surface area (TPSA) is 50.9 Å². The van der Waals surface area contributed by atoms with Gasteiger partial charge in [0.25, 0.3) is 0 Å². The third-order valence-electron chi connectivity index (χ3n) is 13.8. The van der Waals surface area contributed by atoms with Crippen LogP contribution in [0.3, 0.4) is 0 Å². The Balaban J connectivity index is 1.13. The Kier molecular flexibility index (Phi) is 11.6. The van der Waals surface area contributed by atoms with Crippen LogP contribution in [-0.4, -0.2) is 19.6 Å². The lowest BCUT2D eigenvalue weighted by molar-refractivity contribution is 0.472. The van der Waals surface area contributed by atoms with Gasteiger partial charge in [0.15, 0.2) is 0 Å². The molecule has 9 aromatic carbocycles. The van der Waals surface area contributed by atoms with Gasteiger partial charge in [0.2, 0.25) is 0 Å². The fraction of sp³-hybridized carbons (Fsp3) is 0.104. The van der Waals surface area contributed by atoms with Crippen LogP contribution in [0.1, 0.15) is 43.0 Å². The minimum Gasteiger partial charge on any atom is -0.507 e. The number of pyridine rings is 1. The number of hydrogen-bond donors (Lipinski definition) is 1. The summed E-state index contributed by atoms with van der Waals surface area (Å²) < 4.78 is 2.28. The number of para-hydroxylation sites is 1. The lowest BCUT2D eigenvalue weighted by atomic mass is 9.85. The van der Waals surface area contributed by atoms with Crippen LogP contribution in [0.4, 0.5) is 0 Å². The minimum absolute atomic E-state index is 0.000149. The molecule has 0 aliphatic carbocycles. The average Bonchev–Trinajstić information content (AvgIpc) is 3.80. The third kappa shape index (κ3) is 8.74.